The van der Waals surface area contributed by atoms with Gasteiger partial charge < -0.3 is 19.7 Å². The molecule has 2 aliphatic rings. The molecule has 1 saturated heterocycles. The molecule has 18 heteroatoms. The number of nitrogens with two attached hydrogens (primary N) is 1. The largest absolute Gasteiger partial charge is 0.461 e. The second kappa shape index (κ2) is 14.9. The smallest absolute Gasteiger partial charge is 0.374 e. The number of aryl methyl sites for hydroxylation is 1. The van der Waals surface area contributed by atoms with E-state index in [1.807, 2.05) is 30.3 Å². The number of esters is 2. The van der Waals surface area contributed by atoms with Crippen molar-refractivity contribution in [1.82, 2.24) is 10.0 Å². The molecule has 6 N–H and O–H groups in total. The van der Waals surface area contributed by atoms with Gasteiger partial charge in [-0.15, -0.1) is 0 Å². The number of ether oxygens (including phenoxy) is 2. The summed E-state index contributed by atoms with van der Waals surface area (Å²) in [4.78, 5) is 35.2. The summed E-state index contributed by atoms with van der Waals surface area (Å²) in [5.74, 6) is -1.89. The highest BCUT2D eigenvalue weighted by atomic mass is 35.5. The summed E-state index contributed by atoms with van der Waals surface area (Å²) >= 11 is 6.06. The van der Waals surface area contributed by atoms with Crippen LogP contribution in [-0.4, -0.2) is 64.4 Å². The molecular formula is C31H36ClN4O10PS2. The highest BCUT2D eigenvalue weighted by Gasteiger charge is 2.47. The van der Waals surface area contributed by atoms with Crippen molar-refractivity contribution in [3.63, 3.8) is 0 Å². The van der Waals surface area contributed by atoms with Crippen LogP contribution in [0.25, 0.3) is 0 Å². The van der Waals surface area contributed by atoms with Gasteiger partial charge in [0.1, 0.15) is 21.7 Å². The minimum absolute atomic E-state index is 0.0764. The lowest BCUT2D eigenvalue weighted by Gasteiger charge is -2.29. The molecular weight excluding hydrogens is 719 g/mol. The average Bonchev–Trinajstić information content (AvgIpc) is 3.49. The van der Waals surface area contributed by atoms with Crippen molar-refractivity contribution < 1.29 is 45.4 Å². The van der Waals surface area contributed by atoms with Crippen LogP contribution in [0.3, 0.4) is 0 Å². The van der Waals surface area contributed by atoms with Crippen LogP contribution in [-0.2, 0) is 51.8 Å². The lowest BCUT2D eigenvalue weighted by molar-refractivity contribution is -0.171. The Labute approximate surface area is 289 Å². The summed E-state index contributed by atoms with van der Waals surface area (Å²) in [5, 5.41) is 10.8. The molecule has 0 radical (unpaired) electrons. The number of halogens is 1. The van der Waals surface area contributed by atoms with Crippen LogP contribution in [0.2, 0.25) is 5.02 Å². The molecule has 2 heterocycles. The maximum atomic E-state index is 13.2. The number of fused-ring (bicyclic) bond motifs is 1. The highest BCUT2D eigenvalue weighted by molar-refractivity contribution is 7.90. The number of carbonyl (C=O) groups excluding carboxylic acids is 2. The molecule has 0 saturated carbocycles. The van der Waals surface area contributed by atoms with Crippen LogP contribution in [0.4, 0.5) is 5.69 Å². The molecule has 3 atom stereocenters. The molecule has 49 heavy (non-hydrogen) atoms. The number of nitrogens with one attached hydrogen (secondary N) is 3. The molecule has 264 valence electrons. The Hall–Kier alpha value is -3.34. The van der Waals surface area contributed by atoms with Crippen LogP contribution in [0.15, 0.2) is 76.5 Å². The van der Waals surface area contributed by atoms with Crippen molar-refractivity contribution in [2.24, 2.45) is 5.14 Å². The molecule has 0 bridgehead atoms. The fourth-order valence-electron chi connectivity index (χ4n) is 5.63. The zero-order valence-corrected chi connectivity index (χ0v) is 29.4. The number of sulfonamides is 2. The summed E-state index contributed by atoms with van der Waals surface area (Å²) in [6, 6.07) is 18.2. The normalized spacial score (nSPS) is 21.2. The van der Waals surface area contributed by atoms with E-state index in [0.29, 0.717) is 31.4 Å². The van der Waals surface area contributed by atoms with E-state index in [1.165, 1.54) is 6.07 Å². The zero-order chi connectivity index (χ0) is 35.5. The highest BCUT2D eigenvalue weighted by Crippen LogP contribution is 2.41. The Morgan fingerprint density at radius 3 is 2.43 bits per heavy atom. The summed E-state index contributed by atoms with van der Waals surface area (Å²) in [6.45, 7) is 0.402. The van der Waals surface area contributed by atoms with Gasteiger partial charge in [0.05, 0.1) is 16.9 Å². The third kappa shape index (κ3) is 9.47. The fourth-order valence-corrected chi connectivity index (χ4v) is 9.47. The van der Waals surface area contributed by atoms with Gasteiger partial charge in [-0.2, -0.15) is 4.72 Å². The predicted octanol–water partition coefficient (Wildman–Crippen LogP) is 3.08. The van der Waals surface area contributed by atoms with Gasteiger partial charge in [-0.25, -0.2) is 26.8 Å². The number of carbonyl (C=O) groups is 2. The molecule has 1 fully saturated rings. The molecule has 0 aliphatic carbocycles. The molecule has 5 rings (SSSR count). The lowest BCUT2D eigenvalue weighted by atomic mass is 10.1. The Morgan fingerprint density at radius 2 is 1.78 bits per heavy atom. The summed E-state index contributed by atoms with van der Waals surface area (Å²) < 4.78 is 75.6. The Kier molecular flexibility index (Phi) is 11.2. The number of unbranched alkanes of at least 4 members (excludes halogenated alkanes) is 1. The van der Waals surface area contributed by atoms with Gasteiger partial charge in [0, 0.05) is 19.0 Å². The van der Waals surface area contributed by atoms with Gasteiger partial charge in [0.2, 0.25) is 27.4 Å². The second-order valence-electron chi connectivity index (χ2n) is 11.9. The van der Waals surface area contributed by atoms with E-state index in [9.17, 15) is 35.9 Å². The Morgan fingerprint density at radius 1 is 1.06 bits per heavy atom. The summed E-state index contributed by atoms with van der Waals surface area (Å²) in [6.07, 6.45) is 1.02. The lowest BCUT2D eigenvalue weighted by Crippen LogP contribution is -2.54. The van der Waals surface area contributed by atoms with Crippen molar-refractivity contribution in [3.8, 4) is 5.75 Å². The van der Waals surface area contributed by atoms with Gasteiger partial charge >= 0.3 is 11.9 Å². The molecule has 2 unspecified atom stereocenters. The minimum Gasteiger partial charge on any atom is -0.461 e. The summed E-state index contributed by atoms with van der Waals surface area (Å²) in [5.41, 5.74) is 0.187. The van der Waals surface area contributed by atoms with E-state index in [2.05, 4.69) is 15.4 Å². The van der Waals surface area contributed by atoms with Crippen molar-refractivity contribution >= 4 is 56.6 Å². The van der Waals surface area contributed by atoms with E-state index >= 15 is 0 Å². The standard InChI is InChI=1S/C31H36ClN4O10PS2/c32-24-18-25-27(19-26(24)48(33,41)42)49(43,44)36-28(35-25)17-22-10-12-23(13-11-22)46-31(14-6-15-34-31)30(38)45-29(37)20-47(39,40)16-5-4-9-21-7-2-1-3-8-21/h1-3,7-8,10-13,18-19,28,34-36H,4-6,9,14-17,20H2,(H,39,40)(H2,33,41,42)/t28?,31-/m1/s1. The van der Waals surface area contributed by atoms with Crippen LogP contribution in [0.1, 0.15) is 36.8 Å². The maximum Gasteiger partial charge on any atom is 0.374 e. The Bertz CT molecular complexity index is 1970. The van der Waals surface area contributed by atoms with Crippen LogP contribution < -0.4 is 25.2 Å². The quantitative estimate of drug-likeness (QED) is 0.0736. The number of rotatable bonds is 13. The van der Waals surface area contributed by atoms with Crippen molar-refractivity contribution in [2.75, 3.05) is 24.2 Å². The monoisotopic (exact) mass is 754 g/mol. The average molecular weight is 755 g/mol. The third-order valence-electron chi connectivity index (χ3n) is 8.01. The summed E-state index contributed by atoms with van der Waals surface area (Å²) in [7, 11) is -12.3. The number of anilines is 1. The molecule has 0 aromatic heterocycles. The zero-order valence-electron chi connectivity index (χ0n) is 26.1. The molecule has 0 spiro atoms. The van der Waals surface area contributed by atoms with Crippen LogP contribution in [0.5, 0.6) is 5.75 Å². The van der Waals surface area contributed by atoms with E-state index in [-0.39, 0.29) is 40.4 Å². The van der Waals surface area contributed by atoms with Gasteiger partial charge in [-0.1, -0.05) is 54.1 Å². The first-order chi connectivity index (χ1) is 23.1. The number of hydrogen-bond donors (Lipinski definition) is 5. The first-order valence-electron chi connectivity index (χ1n) is 15.3. The van der Waals surface area contributed by atoms with Crippen molar-refractivity contribution in [2.45, 2.75) is 60.2 Å². The predicted molar refractivity (Wildman–Crippen MR) is 181 cm³/mol. The van der Waals surface area contributed by atoms with E-state index in [1.54, 1.807) is 24.3 Å². The molecule has 3 aromatic carbocycles. The SMILES string of the molecule is NS(=O)(=O)c1cc2c(cc1Cl)NC(Cc1ccc(O[C@@]3(C(=O)OC(=O)CP(=O)(O)CCCCc4ccccc4)CCCN3)cc1)NS2(=O)=O. The maximum absolute atomic E-state index is 13.2. The van der Waals surface area contributed by atoms with E-state index in [4.69, 9.17) is 26.2 Å². The first-order valence-corrected chi connectivity index (χ1v) is 20.8. The molecule has 14 nitrogen and oxygen atoms in total. The van der Waals surface area contributed by atoms with Gasteiger partial charge in [0.15, 0.2) is 0 Å². The van der Waals surface area contributed by atoms with Crippen LogP contribution in [0, 0.1) is 0 Å². The van der Waals surface area contributed by atoms with Gasteiger partial charge in [-0.3, -0.25) is 14.7 Å². The topological polar surface area (TPSA) is 220 Å². The fraction of sp³-hybridized carbons (Fsp3) is 0.355. The number of benzene rings is 3. The molecule has 0 amide bonds. The minimum atomic E-state index is -4.26. The number of hydrogen-bond acceptors (Lipinski definition) is 11. The van der Waals surface area contributed by atoms with E-state index < -0.39 is 62.3 Å². The third-order valence-corrected chi connectivity index (χ3v) is 12.7. The van der Waals surface area contributed by atoms with Gasteiger partial charge in [-0.05, 0) is 67.6 Å². The van der Waals surface area contributed by atoms with Crippen LogP contribution >= 0.6 is 19.0 Å². The van der Waals surface area contributed by atoms with Gasteiger partial charge in [0.25, 0.3) is 5.72 Å². The molecule has 2 aliphatic heterocycles. The molecule has 3 aromatic rings. The van der Waals surface area contributed by atoms with Crippen molar-refractivity contribution in [3.05, 3.63) is 82.9 Å². The Balaban J connectivity index is 1.17. The first kappa shape index (κ1) is 36.9. The van der Waals surface area contributed by atoms with Crippen molar-refractivity contribution in [1.29, 1.82) is 0 Å². The second-order valence-corrected chi connectivity index (χ2v) is 18.0. The van der Waals surface area contributed by atoms with E-state index in [0.717, 1.165) is 18.1 Å². The number of primary sulfonamides is 1.